The second kappa shape index (κ2) is 5.39. The lowest BCUT2D eigenvalue weighted by atomic mass is 9.88. The summed E-state index contributed by atoms with van der Waals surface area (Å²) >= 11 is 0. The highest BCUT2D eigenvalue weighted by Crippen LogP contribution is 2.26. The van der Waals surface area contributed by atoms with E-state index in [1.165, 1.54) is 42.4 Å². The lowest BCUT2D eigenvalue weighted by molar-refractivity contribution is -0.0975. The van der Waals surface area contributed by atoms with E-state index in [0.29, 0.717) is 19.8 Å². The van der Waals surface area contributed by atoms with Gasteiger partial charge in [-0.25, -0.2) is 0 Å². The summed E-state index contributed by atoms with van der Waals surface area (Å²) in [5.74, 6) is 0. The third-order valence-corrected chi connectivity index (χ3v) is 4.00. The summed E-state index contributed by atoms with van der Waals surface area (Å²) < 4.78 is 11.1. The van der Waals surface area contributed by atoms with E-state index in [4.69, 9.17) is 15.2 Å². The molecule has 1 saturated heterocycles. The fraction of sp³-hybridized carbons (Fsp3) is 0.600. The molecule has 18 heavy (non-hydrogen) atoms. The van der Waals surface area contributed by atoms with Crippen molar-refractivity contribution in [3.8, 4) is 0 Å². The van der Waals surface area contributed by atoms with Crippen LogP contribution in [-0.4, -0.2) is 25.9 Å². The summed E-state index contributed by atoms with van der Waals surface area (Å²) in [6, 6.07) is 6.61. The second-order valence-electron chi connectivity index (χ2n) is 5.25. The molecule has 0 amide bonds. The maximum absolute atomic E-state index is 6.30. The molecule has 0 radical (unpaired) electrons. The summed E-state index contributed by atoms with van der Waals surface area (Å²) in [5.41, 5.74) is 10.5. The van der Waals surface area contributed by atoms with Gasteiger partial charge in [0.25, 0.3) is 0 Å². The number of fused-ring (bicyclic) bond motifs is 1. The number of nitrogens with two attached hydrogens (primary N) is 1. The molecule has 1 fully saturated rings. The molecule has 0 saturated carbocycles. The Kier molecular flexibility index (Phi) is 3.64. The molecule has 3 rings (SSSR count). The van der Waals surface area contributed by atoms with Gasteiger partial charge >= 0.3 is 0 Å². The van der Waals surface area contributed by atoms with Crippen molar-refractivity contribution in [2.75, 3.05) is 19.8 Å². The van der Waals surface area contributed by atoms with Crippen molar-refractivity contribution in [2.24, 2.45) is 5.73 Å². The number of aryl methyl sites for hydroxylation is 2. The van der Waals surface area contributed by atoms with Gasteiger partial charge in [-0.1, -0.05) is 18.2 Å². The maximum atomic E-state index is 6.30. The van der Waals surface area contributed by atoms with E-state index in [9.17, 15) is 0 Å². The van der Waals surface area contributed by atoms with E-state index >= 15 is 0 Å². The first-order valence-electron chi connectivity index (χ1n) is 6.91. The van der Waals surface area contributed by atoms with Gasteiger partial charge in [0.1, 0.15) is 6.10 Å². The molecule has 1 aromatic rings. The first-order chi connectivity index (χ1) is 8.84. The van der Waals surface area contributed by atoms with Crippen molar-refractivity contribution < 1.29 is 9.47 Å². The quantitative estimate of drug-likeness (QED) is 0.869. The van der Waals surface area contributed by atoms with Crippen LogP contribution in [0.2, 0.25) is 0 Å². The van der Waals surface area contributed by atoms with Crippen molar-refractivity contribution in [2.45, 2.75) is 37.8 Å². The Hall–Kier alpha value is -0.900. The lowest BCUT2D eigenvalue weighted by Crippen LogP contribution is -2.37. The molecule has 1 heterocycles. The molecule has 3 heteroatoms. The molecule has 2 atom stereocenters. The standard InChI is InChI=1S/C15H21NO2/c16-15(14-10-17-7-8-18-14)13-6-5-11-3-1-2-4-12(11)9-13/h5-6,9,14-15H,1-4,7-8,10,16H2. The van der Waals surface area contributed by atoms with Crippen LogP contribution in [0.1, 0.15) is 35.6 Å². The Labute approximate surface area is 108 Å². The van der Waals surface area contributed by atoms with Gasteiger partial charge in [0, 0.05) is 0 Å². The topological polar surface area (TPSA) is 44.5 Å². The van der Waals surface area contributed by atoms with E-state index in [0.717, 1.165) is 0 Å². The predicted molar refractivity (Wildman–Crippen MR) is 70.6 cm³/mol. The Morgan fingerprint density at radius 3 is 2.72 bits per heavy atom. The van der Waals surface area contributed by atoms with Gasteiger partial charge in [0.05, 0.1) is 25.9 Å². The molecule has 1 aliphatic heterocycles. The van der Waals surface area contributed by atoms with Crippen LogP contribution in [-0.2, 0) is 22.3 Å². The molecule has 1 aromatic carbocycles. The van der Waals surface area contributed by atoms with Crippen LogP contribution < -0.4 is 5.73 Å². The van der Waals surface area contributed by atoms with Gasteiger partial charge in [-0.2, -0.15) is 0 Å². The highest BCUT2D eigenvalue weighted by atomic mass is 16.6. The highest BCUT2D eigenvalue weighted by Gasteiger charge is 2.24. The first-order valence-corrected chi connectivity index (χ1v) is 6.91. The van der Waals surface area contributed by atoms with Gasteiger partial charge in [-0.15, -0.1) is 0 Å². The number of ether oxygens (including phenoxy) is 2. The average Bonchev–Trinajstić information content (AvgIpc) is 2.47. The van der Waals surface area contributed by atoms with E-state index < -0.39 is 0 Å². The van der Waals surface area contributed by atoms with Crippen molar-refractivity contribution in [1.82, 2.24) is 0 Å². The minimum atomic E-state index is -0.0717. The number of rotatable bonds is 2. The molecule has 2 unspecified atom stereocenters. The fourth-order valence-electron chi connectivity index (χ4n) is 2.89. The molecule has 2 aliphatic rings. The largest absolute Gasteiger partial charge is 0.376 e. The fourth-order valence-corrected chi connectivity index (χ4v) is 2.89. The molecule has 0 bridgehead atoms. The van der Waals surface area contributed by atoms with Gasteiger partial charge in [0.15, 0.2) is 0 Å². The molecule has 2 N–H and O–H groups in total. The van der Waals surface area contributed by atoms with Crippen molar-refractivity contribution in [3.05, 3.63) is 34.9 Å². The van der Waals surface area contributed by atoms with Gasteiger partial charge in [-0.3, -0.25) is 0 Å². The van der Waals surface area contributed by atoms with Gasteiger partial charge < -0.3 is 15.2 Å². The van der Waals surface area contributed by atoms with Crippen LogP contribution in [0.15, 0.2) is 18.2 Å². The molecule has 0 aromatic heterocycles. The van der Waals surface area contributed by atoms with E-state index in [1.54, 1.807) is 0 Å². The summed E-state index contributed by atoms with van der Waals surface area (Å²) in [6.07, 6.45) is 5.03. The normalized spacial score (nSPS) is 25.5. The van der Waals surface area contributed by atoms with Crippen molar-refractivity contribution in [1.29, 1.82) is 0 Å². The zero-order valence-electron chi connectivity index (χ0n) is 10.7. The van der Waals surface area contributed by atoms with Crippen molar-refractivity contribution in [3.63, 3.8) is 0 Å². The third-order valence-electron chi connectivity index (χ3n) is 4.00. The van der Waals surface area contributed by atoms with E-state index in [-0.39, 0.29) is 12.1 Å². The zero-order chi connectivity index (χ0) is 12.4. The van der Waals surface area contributed by atoms with Gasteiger partial charge in [0.2, 0.25) is 0 Å². The average molecular weight is 247 g/mol. The highest BCUT2D eigenvalue weighted by molar-refractivity contribution is 5.35. The molecule has 3 nitrogen and oxygen atoms in total. The second-order valence-corrected chi connectivity index (χ2v) is 5.25. The number of hydrogen-bond donors (Lipinski definition) is 1. The summed E-state index contributed by atoms with van der Waals surface area (Å²) in [6.45, 7) is 1.95. The molecule has 0 spiro atoms. The lowest BCUT2D eigenvalue weighted by Gasteiger charge is -2.29. The molecule has 98 valence electrons. The Balaban J connectivity index is 1.78. The third kappa shape index (κ3) is 2.44. The smallest absolute Gasteiger partial charge is 0.100 e. The molecular formula is C15H21NO2. The van der Waals surface area contributed by atoms with Crippen LogP contribution >= 0.6 is 0 Å². The minimum absolute atomic E-state index is 0.000362. The van der Waals surface area contributed by atoms with E-state index in [2.05, 4.69) is 18.2 Å². The number of benzene rings is 1. The maximum Gasteiger partial charge on any atom is 0.100 e. The Bertz CT molecular complexity index is 413. The van der Waals surface area contributed by atoms with Crippen LogP contribution in [0.4, 0.5) is 0 Å². The van der Waals surface area contributed by atoms with Crippen LogP contribution in [0.3, 0.4) is 0 Å². The Morgan fingerprint density at radius 2 is 1.94 bits per heavy atom. The monoisotopic (exact) mass is 247 g/mol. The molecular weight excluding hydrogens is 226 g/mol. The number of hydrogen-bond acceptors (Lipinski definition) is 3. The SMILES string of the molecule is NC(c1ccc2c(c1)CCCC2)C1COCCO1. The molecule has 1 aliphatic carbocycles. The Morgan fingerprint density at radius 1 is 1.11 bits per heavy atom. The summed E-state index contributed by atoms with van der Waals surface area (Å²) in [4.78, 5) is 0. The van der Waals surface area contributed by atoms with Gasteiger partial charge in [-0.05, 0) is 42.4 Å². The van der Waals surface area contributed by atoms with Crippen LogP contribution in [0.5, 0.6) is 0 Å². The van der Waals surface area contributed by atoms with Crippen LogP contribution in [0.25, 0.3) is 0 Å². The van der Waals surface area contributed by atoms with Crippen LogP contribution in [0, 0.1) is 0 Å². The van der Waals surface area contributed by atoms with E-state index in [1.807, 2.05) is 0 Å². The first kappa shape index (κ1) is 12.2. The van der Waals surface area contributed by atoms with Crippen molar-refractivity contribution >= 4 is 0 Å². The zero-order valence-corrected chi connectivity index (χ0v) is 10.7. The predicted octanol–water partition coefficient (Wildman–Crippen LogP) is 1.98. The minimum Gasteiger partial charge on any atom is -0.376 e. The summed E-state index contributed by atoms with van der Waals surface area (Å²) in [7, 11) is 0. The summed E-state index contributed by atoms with van der Waals surface area (Å²) in [5, 5.41) is 0.